The molecule has 0 atom stereocenters. The first kappa shape index (κ1) is 24.1. The lowest BCUT2D eigenvalue weighted by molar-refractivity contribution is 0.237. The lowest BCUT2D eigenvalue weighted by atomic mass is 9.96. The number of thioether (sulfide) groups is 1. The van der Waals surface area contributed by atoms with Gasteiger partial charge in [-0.05, 0) is 37.2 Å². The third kappa shape index (κ3) is 14.8. The van der Waals surface area contributed by atoms with E-state index in [1.165, 1.54) is 76.4 Å². The van der Waals surface area contributed by atoms with E-state index in [9.17, 15) is 4.79 Å². The Bertz CT molecular complexity index is 386. The molecular formula is C21H42N4OS. The fraction of sp³-hybridized carbons (Fsp3) is 0.905. The molecule has 0 aromatic rings. The molecule has 1 aliphatic carbocycles. The highest BCUT2D eigenvalue weighted by Crippen LogP contribution is 2.17. The number of urea groups is 1. The van der Waals surface area contributed by atoms with Crippen LogP contribution in [0.5, 0.6) is 0 Å². The van der Waals surface area contributed by atoms with Crippen LogP contribution in [0.3, 0.4) is 0 Å². The summed E-state index contributed by atoms with van der Waals surface area (Å²) in [6.45, 7) is 3.01. The molecule has 4 N–H and O–H groups in total. The molecule has 0 unspecified atom stereocenters. The largest absolute Gasteiger partial charge is 0.356 e. The summed E-state index contributed by atoms with van der Waals surface area (Å²) < 4.78 is 0. The molecule has 5 nitrogen and oxygen atoms in total. The zero-order valence-electron chi connectivity index (χ0n) is 17.4. The van der Waals surface area contributed by atoms with Gasteiger partial charge in [0.05, 0.1) is 0 Å². The van der Waals surface area contributed by atoms with Crippen LogP contribution in [0, 0.1) is 5.41 Å². The van der Waals surface area contributed by atoms with E-state index in [0.717, 1.165) is 31.6 Å². The van der Waals surface area contributed by atoms with Gasteiger partial charge in [0.15, 0.2) is 5.96 Å². The number of hydrogen-bond donors (Lipinski definition) is 4. The first-order chi connectivity index (χ1) is 13.2. The Labute approximate surface area is 171 Å². The van der Waals surface area contributed by atoms with Crippen molar-refractivity contribution < 1.29 is 4.79 Å². The monoisotopic (exact) mass is 398 g/mol. The lowest BCUT2D eigenvalue weighted by Gasteiger charge is -2.23. The smallest absolute Gasteiger partial charge is 0.321 e. The van der Waals surface area contributed by atoms with Gasteiger partial charge >= 0.3 is 6.03 Å². The Balaban J connectivity index is 1.83. The molecule has 0 bridgehead atoms. The van der Waals surface area contributed by atoms with Crippen molar-refractivity contribution >= 4 is 23.8 Å². The highest BCUT2D eigenvalue weighted by molar-refractivity contribution is 7.99. The number of rotatable bonds is 14. The predicted octanol–water partition coefficient (Wildman–Crippen LogP) is 5.41. The number of unbranched alkanes of at least 4 members (excludes halogenated alkanes) is 7. The third-order valence-corrected chi connectivity index (χ3v) is 6.24. The van der Waals surface area contributed by atoms with Crippen LogP contribution in [0.1, 0.15) is 96.8 Å². The van der Waals surface area contributed by atoms with Crippen molar-refractivity contribution in [3.05, 3.63) is 0 Å². The second-order valence-corrected chi connectivity index (χ2v) is 8.90. The average Bonchev–Trinajstić information content (AvgIpc) is 2.66. The van der Waals surface area contributed by atoms with E-state index in [1.54, 1.807) is 0 Å². The zero-order chi connectivity index (χ0) is 19.6. The highest BCUT2D eigenvalue weighted by Gasteiger charge is 2.15. The van der Waals surface area contributed by atoms with Crippen LogP contribution in [-0.4, -0.2) is 36.1 Å². The Hall–Kier alpha value is -0.910. The minimum atomic E-state index is -0.247. The number of hydrogen-bond acceptors (Lipinski definition) is 3. The Morgan fingerprint density at radius 3 is 2.26 bits per heavy atom. The summed E-state index contributed by atoms with van der Waals surface area (Å²) in [5.74, 6) is 2.47. The van der Waals surface area contributed by atoms with Gasteiger partial charge in [-0.15, -0.1) is 0 Å². The molecule has 0 aromatic carbocycles. The second-order valence-electron chi connectivity index (χ2n) is 7.68. The fourth-order valence-corrected chi connectivity index (χ4v) is 4.41. The van der Waals surface area contributed by atoms with Crippen LogP contribution in [0.4, 0.5) is 4.79 Å². The molecule has 0 aliphatic heterocycles. The summed E-state index contributed by atoms with van der Waals surface area (Å²) in [5, 5.41) is 16.3. The number of nitrogens with one attached hydrogen (secondary N) is 4. The normalized spacial score (nSPS) is 14.7. The minimum absolute atomic E-state index is 0.108. The van der Waals surface area contributed by atoms with E-state index in [2.05, 4.69) is 22.9 Å². The van der Waals surface area contributed by atoms with Crippen LogP contribution < -0.4 is 16.0 Å². The van der Waals surface area contributed by atoms with Gasteiger partial charge in [-0.2, -0.15) is 11.8 Å². The zero-order valence-corrected chi connectivity index (χ0v) is 18.2. The molecule has 1 aliphatic rings. The molecule has 6 heteroatoms. The summed E-state index contributed by atoms with van der Waals surface area (Å²) in [5.41, 5.74) is 0. The maximum absolute atomic E-state index is 11.8. The summed E-state index contributed by atoms with van der Waals surface area (Å²) in [6.07, 6.45) is 17.8. The topological polar surface area (TPSA) is 77.0 Å². The van der Waals surface area contributed by atoms with E-state index in [1.807, 2.05) is 11.8 Å². The van der Waals surface area contributed by atoms with Crippen molar-refractivity contribution in [1.82, 2.24) is 16.0 Å². The molecule has 1 fully saturated rings. The van der Waals surface area contributed by atoms with Gasteiger partial charge in [-0.3, -0.25) is 10.7 Å². The van der Waals surface area contributed by atoms with E-state index in [-0.39, 0.29) is 18.0 Å². The predicted molar refractivity (Wildman–Crippen MR) is 119 cm³/mol. The molecule has 0 heterocycles. The van der Waals surface area contributed by atoms with Gasteiger partial charge in [0, 0.05) is 12.6 Å². The molecule has 27 heavy (non-hydrogen) atoms. The maximum Gasteiger partial charge on any atom is 0.321 e. The van der Waals surface area contributed by atoms with E-state index in [4.69, 9.17) is 5.41 Å². The van der Waals surface area contributed by atoms with Crippen molar-refractivity contribution in [2.24, 2.45) is 0 Å². The van der Waals surface area contributed by atoms with Gasteiger partial charge in [0.1, 0.15) is 0 Å². The fourth-order valence-electron chi connectivity index (χ4n) is 3.45. The first-order valence-corrected chi connectivity index (χ1v) is 12.4. The number of guanidine groups is 1. The Kier molecular flexibility index (Phi) is 15.4. The van der Waals surface area contributed by atoms with Crippen LogP contribution in [0.25, 0.3) is 0 Å². The van der Waals surface area contributed by atoms with Crippen molar-refractivity contribution in [2.75, 3.05) is 18.1 Å². The van der Waals surface area contributed by atoms with Crippen LogP contribution >= 0.6 is 11.8 Å². The summed E-state index contributed by atoms with van der Waals surface area (Å²) in [4.78, 5) is 11.8. The standard InChI is InChI=1S/C21H42N4OS/c1-2-3-4-5-6-7-8-12-17-27-18-13-16-23-20(22)25-21(26)24-19-14-10-9-11-15-19/h19H,2-18H2,1H3,(H4,22,23,24,25,26). The minimum Gasteiger partial charge on any atom is -0.356 e. The van der Waals surface area contributed by atoms with E-state index in [0.29, 0.717) is 0 Å². The lowest BCUT2D eigenvalue weighted by Crippen LogP contribution is -2.49. The SMILES string of the molecule is CCCCCCCCCCSCCCNC(=N)NC(=O)NC1CCCCC1. The summed E-state index contributed by atoms with van der Waals surface area (Å²) >= 11 is 2.00. The van der Waals surface area contributed by atoms with Gasteiger partial charge in [-0.25, -0.2) is 4.79 Å². The molecular weight excluding hydrogens is 356 g/mol. The Morgan fingerprint density at radius 1 is 0.926 bits per heavy atom. The summed E-state index contributed by atoms with van der Waals surface area (Å²) in [6, 6.07) is 0.0303. The van der Waals surface area contributed by atoms with Gasteiger partial charge < -0.3 is 10.6 Å². The van der Waals surface area contributed by atoms with E-state index >= 15 is 0 Å². The van der Waals surface area contributed by atoms with Crippen molar-refractivity contribution in [3.63, 3.8) is 0 Å². The van der Waals surface area contributed by atoms with Crippen molar-refractivity contribution in [1.29, 1.82) is 5.41 Å². The molecule has 0 saturated heterocycles. The number of amides is 2. The number of carbonyl (C=O) groups is 1. The van der Waals surface area contributed by atoms with Crippen molar-refractivity contribution in [3.8, 4) is 0 Å². The Morgan fingerprint density at radius 2 is 1.56 bits per heavy atom. The quantitative estimate of drug-likeness (QED) is 0.180. The van der Waals surface area contributed by atoms with Crippen LogP contribution in [0.15, 0.2) is 0 Å². The highest BCUT2D eigenvalue weighted by atomic mass is 32.2. The van der Waals surface area contributed by atoms with Gasteiger partial charge in [0.2, 0.25) is 0 Å². The van der Waals surface area contributed by atoms with Crippen LogP contribution in [0.2, 0.25) is 0 Å². The van der Waals surface area contributed by atoms with Gasteiger partial charge in [-0.1, -0.05) is 71.1 Å². The average molecular weight is 399 g/mol. The molecule has 0 radical (unpaired) electrons. The second kappa shape index (κ2) is 17.2. The maximum atomic E-state index is 11.8. The van der Waals surface area contributed by atoms with Crippen molar-refractivity contribution in [2.45, 2.75) is 103 Å². The summed E-state index contributed by atoms with van der Waals surface area (Å²) in [7, 11) is 0. The molecule has 2 amide bonds. The van der Waals surface area contributed by atoms with Crippen LogP contribution in [-0.2, 0) is 0 Å². The third-order valence-electron chi connectivity index (χ3n) is 5.09. The molecule has 158 valence electrons. The van der Waals surface area contributed by atoms with E-state index < -0.39 is 0 Å². The molecule has 1 saturated carbocycles. The molecule has 0 spiro atoms. The number of carbonyl (C=O) groups excluding carboxylic acids is 1. The first-order valence-electron chi connectivity index (χ1n) is 11.2. The molecule has 1 rings (SSSR count). The van der Waals surface area contributed by atoms with Gasteiger partial charge in [0.25, 0.3) is 0 Å². The molecule has 0 aromatic heterocycles.